The Balaban J connectivity index is 2.20. The maximum atomic E-state index is 11.4. The van der Waals surface area contributed by atoms with Gasteiger partial charge < -0.3 is 5.73 Å². The Morgan fingerprint density at radius 1 is 1.38 bits per heavy atom. The highest BCUT2D eigenvalue weighted by atomic mass is 79.9. The van der Waals surface area contributed by atoms with E-state index in [1.54, 1.807) is 12.1 Å². The van der Waals surface area contributed by atoms with Crippen molar-refractivity contribution in [1.82, 2.24) is 4.90 Å². The molecule has 1 aromatic rings. The van der Waals surface area contributed by atoms with Crippen LogP contribution in [0.5, 0.6) is 0 Å². The lowest BCUT2D eigenvalue weighted by molar-refractivity contribution is -0.125. The molecule has 0 atom stereocenters. The van der Waals surface area contributed by atoms with Crippen LogP contribution >= 0.6 is 27.7 Å². The predicted molar refractivity (Wildman–Crippen MR) is 67.0 cm³/mol. The number of rotatable bonds is 2. The lowest BCUT2D eigenvalue weighted by Gasteiger charge is -2.13. The Morgan fingerprint density at radius 3 is 2.69 bits per heavy atom. The molecule has 1 aliphatic rings. The molecule has 1 fully saturated rings. The number of thioether (sulfide) groups is 1. The molecule has 0 radical (unpaired) electrons. The number of hydrogen-bond donors (Lipinski definition) is 1. The molecule has 1 heterocycles. The van der Waals surface area contributed by atoms with Crippen molar-refractivity contribution in [3.05, 3.63) is 28.2 Å². The number of carbonyl (C=O) groups is 2. The molecule has 4 nitrogen and oxygen atoms in total. The number of carbonyl (C=O) groups excluding carboxylic acids is 2. The van der Waals surface area contributed by atoms with Crippen LogP contribution in [-0.4, -0.2) is 21.8 Å². The van der Waals surface area contributed by atoms with Gasteiger partial charge in [0.05, 0.1) is 12.3 Å². The number of nitrogens with zero attached hydrogens (tertiary/aromatic N) is 1. The Kier molecular flexibility index (Phi) is 3.20. The van der Waals surface area contributed by atoms with Gasteiger partial charge in [0, 0.05) is 10.2 Å². The van der Waals surface area contributed by atoms with Crippen LogP contribution in [-0.2, 0) is 11.3 Å². The first-order chi connectivity index (χ1) is 7.56. The molecule has 2 N–H and O–H groups in total. The number of hydrogen-bond acceptors (Lipinski definition) is 4. The maximum absolute atomic E-state index is 11.4. The molecule has 2 amide bonds. The Labute approximate surface area is 105 Å². The smallest absolute Gasteiger partial charge is 0.289 e. The van der Waals surface area contributed by atoms with E-state index in [1.807, 2.05) is 6.07 Å². The third-order valence-corrected chi connectivity index (χ3v) is 3.48. The van der Waals surface area contributed by atoms with Crippen LogP contribution in [0.15, 0.2) is 22.7 Å². The summed E-state index contributed by atoms with van der Waals surface area (Å²) in [7, 11) is 0. The summed E-state index contributed by atoms with van der Waals surface area (Å²) < 4.78 is 0.842. The average Bonchev–Trinajstić information content (AvgIpc) is 2.48. The minimum Gasteiger partial charge on any atom is -0.399 e. The van der Waals surface area contributed by atoms with E-state index in [-0.39, 0.29) is 23.4 Å². The van der Waals surface area contributed by atoms with Gasteiger partial charge in [-0.05, 0) is 23.8 Å². The van der Waals surface area contributed by atoms with E-state index in [9.17, 15) is 9.59 Å². The molecule has 16 heavy (non-hydrogen) atoms. The van der Waals surface area contributed by atoms with Crippen LogP contribution in [0.25, 0.3) is 0 Å². The molecule has 1 aliphatic heterocycles. The first-order valence-corrected chi connectivity index (χ1v) is 6.36. The number of amides is 2. The first-order valence-electron chi connectivity index (χ1n) is 4.58. The zero-order valence-corrected chi connectivity index (χ0v) is 10.7. The number of benzene rings is 1. The average molecular weight is 301 g/mol. The van der Waals surface area contributed by atoms with Crippen molar-refractivity contribution in [3.63, 3.8) is 0 Å². The molecular weight excluding hydrogens is 292 g/mol. The van der Waals surface area contributed by atoms with Gasteiger partial charge in [0.15, 0.2) is 0 Å². The van der Waals surface area contributed by atoms with Gasteiger partial charge in [-0.1, -0.05) is 27.7 Å². The third-order valence-electron chi connectivity index (χ3n) is 2.16. The van der Waals surface area contributed by atoms with Crippen LogP contribution in [0.3, 0.4) is 0 Å². The molecule has 2 rings (SSSR count). The van der Waals surface area contributed by atoms with Gasteiger partial charge in [-0.25, -0.2) is 0 Å². The molecular formula is C10H9BrN2O2S. The summed E-state index contributed by atoms with van der Waals surface area (Å²) >= 11 is 4.35. The molecule has 0 aromatic heterocycles. The Hall–Kier alpha value is -1.01. The van der Waals surface area contributed by atoms with Crippen LogP contribution in [0, 0.1) is 0 Å². The van der Waals surface area contributed by atoms with Gasteiger partial charge in [0.1, 0.15) is 0 Å². The van der Waals surface area contributed by atoms with Crippen molar-refractivity contribution in [2.24, 2.45) is 0 Å². The Morgan fingerprint density at radius 2 is 2.12 bits per heavy atom. The highest BCUT2D eigenvalue weighted by molar-refractivity contribution is 9.10. The van der Waals surface area contributed by atoms with Crippen molar-refractivity contribution in [2.75, 3.05) is 11.5 Å². The number of nitrogen functional groups attached to an aromatic ring is 1. The fraction of sp³-hybridized carbons (Fsp3) is 0.200. The van der Waals surface area contributed by atoms with Crippen molar-refractivity contribution < 1.29 is 9.59 Å². The van der Waals surface area contributed by atoms with Gasteiger partial charge in [0.25, 0.3) is 5.24 Å². The largest absolute Gasteiger partial charge is 0.399 e. The summed E-state index contributed by atoms with van der Waals surface area (Å²) in [5, 5.41) is -0.191. The number of halogens is 1. The molecule has 0 spiro atoms. The SMILES string of the molecule is Nc1cc(Br)cc(CN2C(=O)CSC2=O)c1. The highest BCUT2D eigenvalue weighted by Crippen LogP contribution is 2.23. The Bertz CT molecular complexity index is 428. The lowest BCUT2D eigenvalue weighted by atomic mass is 10.2. The lowest BCUT2D eigenvalue weighted by Crippen LogP contribution is -2.27. The van der Waals surface area contributed by atoms with E-state index in [0.717, 1.165) is 21.8 Å². The standard InChI is InChI=1S/C10H9BrN2O2S/c11-7-1-6(2-8(12)3-7)4-13-9(14)5-16-10(13)15/h1-3H,4-5,12H2. The number of nitrogens with two attached hydrogens (primary N) is 1. The second-order valence-electron chi connectivity index (χ2n) is 3.43. The van der Waals surface area contributed by atoms with E-state index >= 15 is 0 Å². The van der Waals surface area contributed by atoms with E-state index < -0.39 is 0 Å². The molecule has 84 valence electrons. The summed E-state index contributed by atoms with van der Waals surface area (Å²) in [6, 6.07) is 5.38. The van der Waals surface area contributed by atoms with E-state index in [0.29, 0.717) is 5.69 Å². The van der Waals surface area contributed by atoms with Crippen LogP contribution in [0.2, 0.25) is 0 Å². The normalized spacial score (nSPS) is 15.9. The molecule has 1 saturated heterocycles. The highest BCUT2D eigenvalue weighted by Gasteiger charge is 2.29. The second kappa shape index (κ2) is 4.47. The number of anilines is 1. The van der Waals surface area contributed by atoms with Crippen molar-refractivity contribution >= 4 is 44.5 Å². The van der Waals surface area contributed by atoms with Gasteiger partial charge in [-0.15, -0.1) is 0 Å². The summed E-state index contributed by atoms with van der Waals surface area (Å²) in [4.78, 5) is 24.0. The van der Waals surface area contributed by atoms with Gasteiger partial charge in [-0.2, -0.15) is 0 Å². The minimum atomic E-state index is -0.191. The minimum absolute atomic E-state index is 0.145. The van der Waals surface area contributed by atoms with Gasteiger partial charge >= 0.3 is 0 Å². The molecule has 6 heteroatoms. The second-order valence-corrected chi connectivity index (χ2v) is 5.27. The summed E-state index contributed by atoms with van der Waals surface area (Å²) in [5.74, 6) is 0.0935. The monoisotopic (exact) mass is 300 g/mol. The summed E-state index contributed by atoms with van der Waals surface area (Å²) in [5.41, 5.74) is 7.13. The molecule has 0 unspecified atom stereocenters. The number of imide groups is 1. The van der Waals surface area contributed by atoms with Gasteiger partial charge in [-0.3, -0.25) is 14.5 Å². The third kappa shape index (κ3) is 2.38. The van der Waals surface area contributed by atoms with Gasteiger partial charge in [0.2, 0.25) is 5.91 Å². The first kappa shape index (κ1) is 11.5. The molecule has 0 bridgehead atoms. The summed E-state index contributed by atoms with van der Waals surface area (Å²) in [6.07, 6.45) is 0. The predicted octanol–water partition coefficient (Wildman–Crippen LogP) is 2.23. The van der Waals surface area contributed by atoms with Crippen LogP contribution in [0.4, 0.5) is 10.5 Å². The van der Waals surface area contributed by atoms with Crippen molar-refractivity contribution in [1.29, 1.82) is 0 Å². The fourth-order valence-corrected chi connectivity index (χ4v) is 2.77. The zero-order valence-electron chi connectivity index (χ0n) is 8.27. The molecule has 1 aromatic carbocycles. The summed E-state index contributed by atoms with van der Waals surface area (Å²) in [6.45, 7) is 0.286. The quantitative estimate of drug-likeness (QED) is 0.851. The fourth-order valence-electron chi connectivity index (χ4n) is 1.48. The molecule has 0 aliphatic carbocycles. The van der Waals surface area contributed by atoms with Crippen molar-refractivity contribution in [3.8, 4) is 0 Å². The van der Waals surface area contributed by atoms with E-state index in [2.05, 4.69) is 15.9 Å². The van der Waals surface area contributed by atoms with Crippen molar-refractivity contribution in [2.45, 2.75) is 6.54 Å². The van der Waals surface area contributed by atoms with E-state index in [1.165, 1.54) is 4.90 Å². The van der Waals surface area contributed by atoms with E-state index in [4.69, 9.17) is 5.73 Å². The zero-order chi connectivity index (χ0) is 11.7. The molecule has 0 saturated carbocycles. The maximum Gasteiger partial charge on any atom is 0.289 e. The van der Waals surface area contributed by atoms with Crippen LogP contribution < -0.4 is 5.73 Å². The van der Waals surface area contributed by atoms with Crippen LogP contribution in [0.1, 0.15) is 5.56 Å². The topological polar surface area (TPSA) is 63.4 Å².